The van der Waals surface area contributed by atoms with Gasteiger partial charge in [-0.1, -0.05) is 45.0 Å². The van der Waals surface area contributed by atoms with Crippen molar-refractivity contribution in [3.05, 3.63) is 48.5 Å². The number of nitrogens with zero attached hydrogens (tertiary/aromatic N) is 3. The Bertz CT molecular complexity index is 945. The summed E-state index contributed by atoms with van der Waals surface area (Å²) in [5.74, 6) is 1.90. The van der Waals surface area contributed by atoms with Crippen LogP contribution >= 0.6 is 0 Å². The van der Waals surface area contributed by atoms with E-state index in [1.807, 2.05) is 53.1 Å². The van der Waals surface area contributed by atoms with E-state index in [1.54, 1.807) is 0 Å². The smallest absolute Gasteiger partial charge is 0.201 e. The Kier molecular flexibility index (Phi) is 6.82. The molecule has 0 unspecified atom stereocenters. The number of anilines is 2. The van der Waals surface area contributed by atoms with Crippen LogP contribution in [0.25, 0.3) is 22.1 Å². The third-order valence-corrected chi connectivity index (χ3v) is 3.55. The maximum atomic E-state index is 5.81. The molecule has 0 saturated heterocycles. The van der Waals surface area contributed by atoms with Gasteiger partial charge in [0.1, 0.15) is 0 Å². The van der Waals surface area contributed by atoms with E-state index in [9.17, 15) is 0 Å². The van der Waals surface area contributed by atoms with E-state index in [1.165, 1.54) is 0 Å². The zero-order valence-corrected chi connectivity index (χ0v) is 16.8. The van der Waals surface area contributed by atoms with Crippen molar-refractivity contribution in [3.63, 3.8) is 0 Å². The van der Waals surface area contributed by atoms with Crippen LogP contribution in [0.1, 0.15) is 40.7 Å². The molecule has 0 aliphatic rings. The van der Waals surface area contributed by atoms with Gasteiger partial charge in [0.15, 0.2) is 5.95 Å². The van der Waals surface area contributed by atoms with Gasteiger partial charge in [0.05, 0.1) is 22.1 Å². The lowest BCUT2D eigenvalue weighted by atomic mass is 10.3. The molecular weight excluding hydrogens is 336 g/mol. The first-order valence-corrected chi connectivity index (χ1v) is 9.22. The largest absolute Gasteiger partial charge is 0.369 e. The van der Waals surface area contributed by atoms with Crippen molar-refractivity contribution in [2.24, 2.45) is 5.92 Å². The molecule has 4 rings (SSSR count). The molecule has 27 heavy (non-hydrogen) atoms. The van der Waals surface area contributed by atoms with Crippen molar-refractivity contribution in [3.8, 4) is 0 Å². The highest BCUT2D eigenvalue weighted by Gasteiger charge is 2.08. The van der Waals surface area contributed by atoms with Crippen LogP contribution in [0.5, 0.6) is 0 Å². The number of fused-ring (bicyclic) bond motifs is 2. The van der Waals surface area contributed by atoms with Crippen LogP contribution in [0, 0.1) is 5.92 Å². The van der Waals surface area contributed by atoms with Gasteiger partial charge in [-0.05, 0) is 44.0 Å². The van der Waals surface area contributed by atoms with Crippen molar-refractivity contribution < 1.29 is 0 Å². The second-order valence-corrected chi connectivity index (χ2v) is 7.29. The van der Waals surface area contributed by atoms with Gasteiger partial charge in [0, 0.05) is 6.04 Å². The van der Waals surface area contributed by atoms with E-state index in [4.69, 9.17) is 11.5 Å². The monoisotopic (exact) mass is 366 g/mol. The fourth-order valence-electron chi connectivity index (χ4n) is 2.58. The van der Waals surface area contributed by atoms with E-state index in [0.717, 1.165) is 28.0 Å². The van der Waals surface area contributed by atoms with Crippen molar-refractivity contribution in [1.82, 2.24) is 19.5 Å². The highest BCUT2D eigenvalue weighted by Crippen LogP contribution is 2.21. The third kappa shape index (κ3) is 5.48. The van der Waals surface area contributed by atoms with E-state index < -0.39 is 0 Å². The standard InChI is InChI=1S/C10H13N3.C7H7N3.C4H10/c1-7(2)13-9-6-4-3-5-8(9)12-10(13)11;8-7-9-5-3-1-2-4-6(5)10-7;1-4(2)3/h3-7H,1-2H3,(H2,11,12);1-4H,(H3,8,9,10);4H,1-3H3. The maximum absolute atomic E-state index is 5.81. The van der Waals surface area contributed by atoms with Gasteiger partial charge in [-0.2, -0.15) is 0 Å². The van der Waals surface area contributed by atoms with Crippen molar-refractivity contribution >= 4 is 34.0 Å². The summed E-state index contributed by atoms with van der Waals surface area (Å²) >= 11 is 0. The predicted octanol–water partition coefficient (Wildman–Crippen LogP) is 5.01. The Morgan fingerprint density at radius 2 is 1.37 bits per heavy atom. The first-order valence-electron chi connectivity index (χ1n) is 9.22. The molecule has 2 aromatic carbocycles. The average molecular weight is 367 g/mol. The zero-order chi connectivity index (χ0) is 20.0. The van der Waals surface area contributed by atoms with Crippen LogP contribution < -0.4 is 11.5 Å². The Hall–Kier alpha value is -3.02. The number of nitrogens with one attached hydrogen (secondary N) is 1. The molecule has 2 heterocycles. The van der Waals surface area contributed by atoms with Gasteiger partial charge >= 0.3 is 0 Å². The molecule has 0 atom stereocenters. The van der Waals surface area contributed by atoms with E-state index in [0.29, 0.717) is 17.9 Å². The molecule has 144 valence electrons. The number of para-hydroxylation sites is 4. The molecule has 0 aliphatic carbocycles. The van der Waals surface area contributed by atoms with Crippen molar-refractivity contribution in [1.29, 1.82) is 0 Å². The van der Waals surface area contributed by atoms with Crippen molar-refractivity contribution in [2.75, 3.05) is 11.5 Å². The molecule has 0 amide bonds. The summed E-state index contributed by atoms with van der Waals surface area (Å²) in [7, 11) is 0. The molecule has 0 saturated carbocycles. The second kappa shape index (κ2) is 9.07. The molecule has 5 N–H and O–H groups in total. The Balaban J connectivity index is 0.000000166. The number of hydrogen-bond donors (Lipinski definition) is 3. The molecule has 6 heteroatoms. The lowest BCUT2D eigenvalue weighted by molar-refractivity contribution is 0.627. The SMILES string of the molecule is CC(C)C.CC(C)n1c(N)nc2ccccc21.Nc1nc2ccccc2[nH]1. The van der Waals surface area contributed by atoms with E-state index in [2.05, 4.69) is 49.6 Å². The van der Waals surface area contributed by atoms with Crippen LogP contribution in [-0.2, 0) is 0 Å². The summed E-state index contributed by atoms with van der Waals surface area (Å²) in [6.07, 6.45) is 0. The lowest BCUT2D eigenvalue weighted by Crippen LogP contribution is -2.05. The number of aromatic nitrogens is 4. The highest BCUT2D eigenvalue weighted by atomic mass is 15.2. The van der Waals surface area contributed by atoms with Gasteiger partial charge in [0.25, 0.3) is 0 Å². The molecule has 0 aliphatic heterocycles. The summed E-state index contributed by atoms with van der Waals surface area (Å²) in [5, 5.41) is 0. The first kappa shape index (κ1) is 20.3. The minimum Gasteiger partial charge on any atom is -0.369 e. The average Bonchev–Trinajstić information content (AvgIpc) is 3.12. The molecule has 6 nitrogen and oxygen atoms in total. The fourth-order valence-corrected chi connectivity index (χ4v) is 2.58. The first-order chi connectivity index (χ1) is 12.8. The molecule has 0 fully saturated rings. The van der Waals surface area contributed by atoms with Crippen molar-refractivity contribution in [2.45, 2.75) is 40.7 Å². The number of H-pyrrole nitrogens is 1. The van der Waals surface area contributed by atoms with Gasteiger partial charge in [-0.25, -0.2) is 9.97 Å². The number of nitrogens with two attached hydrogens (primary N) is 2. The van der Waals surface area contributed by atoms with E-state index in [-0.39, 0.29) is 0 Å². The number of benzene rings is 2. The molecule has 0 bridgehead atoms. The predicted molar refractivity (Wildman–Crippen MR) is 116 cm³/mol. The van der Waals surface area contributed by atoms with Crippen LogP contribution in [-0.4, -0.2) is 19.5 Å². The van der Waals surface area contributed by atoms with E-state index >= 15 is 0 Å². The van der Waals surface area contributed by atoms with Crippen LogP contribution in [0.3, 0.4) is 0 Å². The summed E-state index contributed by atoms with van der Waals surface area (Å²) in [4.78, 5) is 11.2. The van der Waals surface area contributed by atoms with Gasteiger partial charge in [-0.3, -0.25) is 0 Å². The molecule has 0 spiro atoms. The minimum absolute atomic E-state index is 0.354. The zero-order valence-electron chi connectivity index (χ0n) is 16.8. The number of imidazole rings is 2. The number of nitrogen functional groups attached to an aromatic ring is 2. The van der Waals surface area contributed by atoms with Gasteiger partial charge < -0.3 is 21.0 Å². The molecule has 2 aromatic heterocycles. The Morgan fingerprint density at radius 1 is 0.815 bits per heavy atom. The Morgan fingerprint density at radius 3 is 1.96 bits per heavy atom. The van der Waals surface area contributed by atoms with Crippen LogP contribution in [0.4, 0.5) is 11.9 Å². The summed E-state index contributed by atoms with van der Waals surface area (Å²) in [6, 6.07) is 16.1. The summed E-state index contributed by atoms with van der Waals surface area (Å²) in [6.45, 7) is 10.7. The number of rotatable bonds is 1. The summed E-state index contributed by atoms with van der Waals surface area (Å²) < 4.78 is 2.04. The quantitative estimate of drug-likeness (QED) is 0.441. The Labute approximate surface area is 160 Å². The molecule has 4 aromatic rings. The fraction of sp³-hybridized carbons (Fsp3) is 0.333. The second-order valence-electron chi connectivity index (χ2n) is 7.29. The third-order valence-electron chi connectivity index (χ3n) is 3.55. The number of aromatic amines is 1. The summed E-state index contributed by atoms with van der Waals surface area (Å²) in [5.41, 5.74) is 15.2. The normalized spacial score (nSPS) is 10.6. The number of hydrogen-bond acceptors (Lipinski definition) is 4. The van der Waals surface area contributed by atoms with Gasteiger partial charge in [-0.15, -0.1) is 0 Å². The topological polar surface area (TPSA) is 98.5 Å². The highest BCUT2D eigenvalue weighted by molar-refractivity contribution is 5.78. The van der Waals surface area contributed by atoms with Crippen LogP contribution in [0.2, 0.25) is 0 Å². The molecular formula is C21H30N6. The van der Waals surface area contributed by atoms with Gasteiger partial charge in [0.2, 0.25) is 5.95 Å². The lowest BCUT2D eigenvalue weighted by Gasteiger charge is -2.09. The minimum atomic E-state index is 0.354. The van der Waals surface area contributed by atoms with Crippen LogP contribution in [0.15, 0.2) is 48.5 Å². The molecule has 0 radical (unpaired) electrons. The maximum Gasteiger partial charge on any atom is 0.201 e.